The first kappa shape index (κ1) is 18.0. The van der Waals surface area contributed by atoms with Crippen LogP contribution in [-0.2, 0) is 19.1 Å². The van der Waals surface area contributed by atoms with Gasteiger partial charge in [-0.25, -0.2) is 0 Å². The van der Waals surface area contributed by atoms with Crippen molar-refractivity contribution < 1.29 is 19.1 Å². The molecule has 0 aromatic carbocycles. The molecule has 1 fully saturated rings. The van der Waals surface area contributed by atoms with E-state index in [9.17, 15) is 9.59 Å². The molecule has 0 unspecified atom stereocenters. The van der Waals surface area contributed by atoms with Crippen LogP contribution < -0.4 is 0 Å². The van der Waals surface area contributed by atoms with Crippen LogP contribution in [0.4, 0.5) is 0 Å². The molecule has 0 spiro atoms. The lowest BCUT2D eigenvalue weighted by molar-refractivity contribution is -0.166. The summed E-state index contributed by atoms with van der Waals surface area (Å²) in [4.78, 5) is 24.3. The van der Waals surface area contributed by atoms with Crippen LogP contribution in [0, 0.1) is 11.8 Å². The van der Waals surface area contributed by atoms with Gasteiger partial charge in [-0.2, -0.15) is 0 Å². The van der Waals surface area contributed by atoms with Gasteiger partial charge >= 0.3 is 11.9 Å². The molecule has 1 aliphatic rings. The van der Waals surface area contributed by atoms with E-state index >= 15 is 0 Å². The Bertz CT molecular complexity index is 308. The van der Waals surface area contributed by atoms with Gasteiger partial charge in [0.15, 0.2) is 5.92 Å². The Kier molecular flexibility index (Phi) is 7.76. The van der Waals surface area contributed by atoms with Crippen LogP contribution in [0.15, 0.2) is 0 Å². The van der Waals surface area contributed by atoms with E-state index in [4.69, 9.17) is 9.47 Å². The second-order valence-electron chi connectivity index (χ2n) is 6.61. The minimum atomic E-state index is -0.767. The number of rotatable bonds is 7. The molecule has 4 nitrogen and oxygen atoms in total. The van der Waals surface area contributed by atoms with Gasteiger partial charge in [0.25, 0.3) is 0 Å². The zero-order valence-electron chi connectivity index (χ0n) is 13.9. The topological polar surface area (TPSA) is 52.6 Å². The van der Waals surface area contributed by atoms with Crippen molar-refractivity contribution in [2.24, 2.45) is 11.8 Å². The molecular weight excluding hydrogens is 268 g/mol. The van der Waals surface area contributed by atoms with E-state index in [1.54, 1.807) is 27.7 Å². The first-order valence-electron chi connectivity index (χ1n) is 8.31. The van der Waals surface area contributed by atoms with Gasteiger partial charge in [0.05, 0.1) is 12.2 Å². The van der Waals surface area contributed by atoms with E-state index < -0.39 is 17.9 Å². The molecule has 1 rings (SSSR count). The second kappa shape index (κ2) is 9.06. The molecule has 0 aromatic rings. The Morgan fingerprint density at radius 3 is 1.81 bits per heavy atom. The van der Waals surface area contributed by atoms with Crippen LogP contribution in [0.1, 0.15) is 72.6 Å². The summed E-state index contributed by atoms with van der Waals surface area (Å²) >= 11 is 0. The third-order valence-corrected chi connectivity index (χ3v) is 3.86. The lowest BCUT2D eigenvalue weighted by Crippen LogP contribution is -2.31. The smallest absolute Gasteiger partial charge is 0.320 e. The molecule has 1 saturated carbocycles. The quantitative estimate of drug-likeness (QED) is 0.529. The molecule has 0 amide bonds. The molecule has 4 heteroatoms. The predicted molar refractivity (Wildman–Crippen MR) is 81.8 cm³/mol. The van der Waals surface area contributed by atoms with Gasteiger partial charge in [0, 0.05) is 0 Å². The van der Waals surface area contributed by atoms with Crippen molar-refractivity contribution in [2.75, 3.05) is 0 Å². The average molecular weight is 298 g/mol. The fourth-order valence-electron chi connectivity index (χ4n) is 2.84. The van der Waals surface area contributed by atoms with Gasteiger partial charge in [-0.3, -0.25) is 9.59 Å². The van der Waals surface area contributed by atoms with Crippen LogP contribution in [0.2, 0.25) is 0 Å². The molecule has 122 valence electrons. The number of carbonyl (C=O) groups is 2. The molecular formula is C17H30O4. The van der Waals surface area contributed by atoms with Crippen molar-refractivity contribution in [3.63, 3.8) is 0 Å². The van der Waals surface area contributed by atoms with Crippen LogP contribution in [0.3, 0.4) is 0 Å². The fraction of sp³-hybridized carbons (Fsp3) is 0.882. The maximum atomic E-state index is 12.1. The highest BCUT2D eigenvalue weighted by atomic mass is 16.6. The lowest BCUT2D eigenvalue weighted by Gasteiger charge is -2.24. The zero-order chi connectivity index (χ0) is 15.8. The Labute approximate surface area is 128 Å². The Hall–Kier alpha value is -1.06. The minimum Gasteiger partial charge on any atom is -0.462 e. The monoisotopic (exact) mass is 298 g/mol. The van der Waals surface area contributed by atoms with Gasteiger partial charge < -0.3 is 9.47 Å². The fourth-order valence-corrected chi connectivity index (χ4v) is 2.84. The molecule has 0 saturated heterocycles. The predicted octanol–water partition coefficient (Wildman–Crippen LogP) is 3.87. The summed E-state index contributed by atoms with van der Waals surface area (Å²) in [5, 5.41) is 0. The van der Waals surface area contributed by atoms with Crippen molar-refractivity contribution in [3.05, 3.63) is 0 Å². The number of esters is 2. The Morgan fingerprint density at radius 1 is 0.905 bits per heavy atom. The highest BCUT2D eigenvalue weighted by Crippen LogP contribution is 2.29. The van der Waals surface area contributed by atoms with E-state index in [-0.39, 0.29) is 12.2 Å². The summed E-state index contributed by atoms with van der Waals surface area (Å²) in [5.41, 5.74) is 0. The van der Waals surface area contributed by atoms with E-state index in [1.165, 1.54) is 32.1 Å². The van der Waals surface area contributed by atoms with Crippen molar-refractivity contribution in [1.82, 2.24) is 0 Å². The molecule has 0 atom stereocenters. The summed E-state index contributed by atoms with van der Waals surface area (Å²) in [6.45, 7) is 7.18. The van der Waals surface area contributed by atoms with Crippen molar-refractivity contribution >= 4 is 11.9 Å². The Morgan fingerprint density at radius 2 is 1.38 bits per heavy atom. The molecule has 0 aromatic heterocycles. The van der Waals surface area contributed by atoms with E-state index in [0.717, 1.165) is 6.42 Å². The van der Waals surface area contributed by atoms with Gasteiger partial charge in [0.1, 0.15) is 0 Å². The zero-order valence-corrected chi connectivity index (χ0v) is 13.9. The van der Waals surface area contributed by atoms with Gasteiger partial charge in [0.2, 0.25) is 0 Å². The molecule has 0 aliphatic heterocycles. The molecule has 21 heavy (non-hydrogen) atoms. The highest BCUT2D eigenvalue weighted by Gasteiger charge is 2.31. The van der Waals surface area contributed by atoms with Crippen LogP contribution in [0.25, 0.3) is 0 Å². The SMILES string of the molecule is CC(C)OC(=O)C(CCC1CCCCC1)C(=O)OC(C)C. The highest BCUT2D eigenvalue weighted by molar-refractivity contribution is 5.95. The standard InChI is InChI=1S/C17H30O4/c1-12(2)20-16(18)15(17(19)21-13(3)4)11-10-14-8-6-5-7-9-14/h12-15H,5-11H2,1-4H3. The van der Waals surface area contributed by atoms with E-state index in [1.807, 2.05) is 0 Å². The summed E-state index contributed by atoms with van der Waals surface area (Å²) in [6.07, 6.45) is 7.31. The van der Waals surface area contributed by atoms with Crippen LogP contribution >= 0.6 is 0 Å². The third kappa shape index (κ3) is 6.96. The van der Waals surface area contributed by atoms with Gasteiger partial charge in [-0.15, -0.1) is 0 Å². The van der Waals surface area contributed by atoms with Crippen LogP contribution in [0.5, 0.6) is 0 Å². The first-order valence-corrected chi connectivity index (χ1v) is 8.31. The van der Waals surface area contributed by atoms with Crippen molar-refractivity contribution in [2.45, 2.75) is 84.8 Å². The maximum Gasteiger partial charge on any atom is 0.320 e. The summed E-state index contributed by atoms with van der Waals surface area (Å²) in [5.74, 6) is -1.01. The molecule has 0 radical (unpaired) electrons. The number of hydrogen-bond donors (Lipinski definition) is 0. The minimum absolute atomic E-state index is 0.207. The molecule has 1 aliphatic carbocycles. The Balaban J connectivity index is 2.57. The van der Waals surface area contributed by atoms with Gasteiger partial charge in [-0.05, 0) is 46.5 Å². The van der Waals surface area contributed by atoms with E-state index in [2.05, 4.69) is 0 Å². The van der Waals surface area contributed by atoms with Crippen molar-refractivity contribution in [3.8, 4) is 0 Å². The molecule has 0 N–H and O–H groups in total. The van der Waals surface area contributed by atoms with E-state index in [0.29, 0.717) is 12.3 Å². The summed E-state index contributed by atoms with van der Waals surface area (Å²) in [6, 6.07) is 0. The third-order valence-electron chi connectivity index (χ3n) is 3.86. The average Bonchev–Trinajstić information content (AvgIpc) is 2.38. The lowest BCUT2D eigenvalue weighted by atomic mass is 9.84. The summed E-state index contributed by atoms with van der Waals surface area (Å²) < 4.78 is 10.4. The van der Waals surface area contributed by atoms with Crippen molar-refractivity contribution in [1.29, 1.82) is 0 Å². The largest absolute Gasteiger partial charge is 0.462 e. The number of hydrogen-bond acceptors (Lipinski definition) is 4. The maximum absolute atomic E-state index is 12.1. The summed E-state index contributed by atoms with van der Waals surface area (Å²) in [7, 11) is 0. The first-order chi connectivity index (χ1) is 9.90. The normalized spacial score (nSPS) is 16.5. The number of ether oxygens (including phenoxy) is 2. The molecule has 0 bridgehead atoms. The second-order valence-corrected chi connectivity index (χ2v) is 6.61. The van der Waals surface area contributed by atoms with Crippen LogP contribution in [-0.4, -0.2) is 24.1 Å². The van der Waals surface area contributed by atoms with Gasteiger partial charge in [-0.1, -0.05) is 32.1 Å². The molecule has 0 heterocycles. The number of carbonyl (C=O) groups excluding carboxylic acids is 2.